The summed E-state index contributed by atoms with van der Waals surface area (Å²) in [7, 11) is 0. The first-order valence-corrected chi connectivity index (χ1v) is 3.67. The average molecular weight is 207 g/mol. The third kappa shape index (κ3) is 1.60. The number of nitro groups is 1. The van der Waals surface area contributed by atoms with Crippen molar-refractivity contribution in [2.45, 2.75) is 0 Å². The molecule has 0 atom stereocenters. The van der Waals surface area contributed by atoms with Gasteiger partial charge in [0.25, 0.3) is 5.69 Å². The lowest BCUT2D eigenvalue weighted by Crippen LogP contribution is -1.92. The SMILES string of the molecule is Nc1cc([N+](=O)[O-])cc(Cl)c1Cl. The molecule has 0 spiro atoms. The molecule has 0 saturated heterocycles. The largest absolute Gasteiger partial charge is 0.397 e. The van der Waals surface area contributed by atoms with Gasteiger partial charge in [-0.15, -0.1) is 0 Å². The highest BCUT2D eigenvalue weighted by Crippen LogP contribution is 2.32. The molecule has 6 heteroatoms. The summed E-state index contributed by atoms with van der Waals surface area (Å²) in [5.41, 5.74) is 5.28. The smallest absolute Gasteiger partial charge is 0.273 e. The lowest BCUT2D eigenvalue weighted by molar-refractivity contribution is -0.384. The van der Waals surface area contributed by atoms with Crippen LogP contribution in [0.2, 0.25) is 10.0 Å². The predicted octanol–water partition coefficient (Wildman–Crippen LogP) is 2.48. The van der Waals surface area contributed by atoms with Crippen LogP contribution in [0.4, 0.5) is 11.4 Å². The van der Waals surface area contributed by atoms with E-state index in [0.717, 1.165) is 12.1 Å². The Morgan fingerprint density at radius 3 is 2.42 bits per heavy atom. The van der Waals surface area contributed by atoms with E-state index in [9.17, 15) is 10.1 Å². The molecular weight excluding hydrogens is 203 g/mol. The Balaban J connectivity index is 3.31. The highest BCUT2D eigenvalue weighted by molar-refractivity contribution is 6.43. The van der Waals surface area contributed by atoms with E-state index in [1.807, 2.05) is 0 Å². The zero-order valence-electron chi connectivity index (χ0n) is 5.75. The molecule has 0 aliphatic rings. The van der Waals surface area contributed by atoms with E-state index >= 15 is 0 Å². The Bertz CT molecular complexity index is 317. The molecule has 0 radical (unpaired) electrons. The number of benzene rings is 1. The summed E-state index contributed by atoms with van der Waals surface area (Å²) in [6.07, 6.45) is 0. The average Bonchev–Trinajstić information content (AvgIpc) is 1.99. The lowest BCUT2D eigenvalue weighted by Gasteiger charge is -1.99. The van der Waals surface area contributed by atoms with Crippen LogP contribution in [0.5, 0.6) is 0 Å². The summed E-state index contributed by atoms with van der Waals surface area (Å²) in [5.74, 6) is 0. The van der Waals surface area contributed by atoms with Gasteiger partial charge in [-0.25, -0.2) is 0 Å². The van der Waals surface area contributed by atoms with Crippen molar-refractivity contribution in [3.8, 4) is 0 Å². The second-order valence-electron chi connectivity index (χ2n) is 2.09. The van der Waals surface area contributed by atoms with Gasteiger partial charge in [0.05, 0.1) is 20.7 Å². The summed E-state index contributed by atoms with van der Waals surface area (Å²) in [6.45, 7) is 0. The maximum Gasteiger partial charge on any atom is 0.273 e. The summed E-state index contributed by atoms with van der Waals surface area (Å²) in [4.78, 5) is 9.68. The molecule has 0 amide bonds. The van der Waals surface area contributed by atoms with Crippen LogP contribution in [0.1, 0.15) is 0 Å². The van der Waals surface area contributed by atoms with Gasteiger partial charge in [0.2, 0.25) is 0 Å². The standard InChI is InChI=1S/C6H4Cl2N2O2/c7-4-1-3(10(11)12)2-5(9)6(4)8/h1-2H,9H2. The van der Waals surface area contributed by atoms with E-state index < -0.39 is 4.92 Å². The third-order valence-electron chi connectivity index (χ3n) is 1.25. The molecule has 0 fully saturated rings. The Morgan fingerprint density at radius 2 is 2.00 bits per heavy atom. The van der Waals surface area contributed by atoms with E-state index in [1.165, 1.54) is 0 Å². The minimum absolute atomic E-state index is 0.0865. The van der Waals surface area contributed by atoms with Gasteiger partial charge in [-0.05, 0) is 0 Å². The summed E-state index contributed by atoms with van der Waals surface area (Å²) < 4.78 is 0. The van der Waals surface area contributed by atoms with Crippen LogP contribution >= 0.6 is 23.2 Å². The lowest BCUT2D eigenvalue weighted by atomic mass is 10.3. The second kappa shape index (κ2) is 3.16. The van der Waals surface area contributed by atoms with Crippen LogP contribution in [0.15, 0.2) is 12.1 Å². The summed E-state index contributed by atoms with van der Waals surface area (Å²) in [6, 6.07) is 2.31. The number of nitrogens with two attached hydrogens (primary N) is 1. The van der Waals surface area contributed by atoms with Gasteiger partial charge in [-0.3, -0.25) is 10.1 Å². The van der Waals surface area contributed by atoms with Crippen molar-refractivity contribution in [1.82, 2.24) is 0 Å². The number of non-ortho nitro benzene ring substituents is 1. The quantitative estimate of drug-likeness (QED) is 0.436. The maximum atomic E-state index is 10.3. The number of hydrogen-bond donors (Lipinski definition) is 1. The normalized spacial score (nSPS) is 9.83. The minimum Gasteiger partial charge on any atom is -0.397 e. The molecule has 0 aromatic heterocycles. The first-order chi connectivity index (χ1) is 5.52. The highest BCUT2D eigenvalue weighted by Gasteiger charge is 2.11. The number of hydrogen-bond acceptors (Lipinski definition) is 3. The first kappa shape index (κ1) is 9.09. The molecule has 4 nitrogen and oxygen atoms in total. The van der Waals surface area contributed by atoms with Crippen molar-refractivity contribution >= 4 is 34.6 Å². The molecule has 0 unspecified atom stereocenters. The molecule has 2 N–H and O–H groups in total. The summed E-state index contributed by atoms with van der Waals surface area (Å²) in [5, 5.41) is 10.5. The number of halogens is 2. The molecule has 1 aromatic carbocycles. The molecule has 1 rings (SSSR count). The van der Waals surface area contributed by atoms with Gasteiger partial charge in [0.1, 0.15) is 0 Å². The van der Waals surface area contributed by atoms with E-state index in [1.54, 1.807) is 0 Å². The Labute approximate surface area is 78.0 Å². The van der Waals surface area contributed by atoms with Crippen molar-refractivity contribution in [3.63, 3.8) is 0 Å². The van der Waals surface area contributed by atoms with E-state index in [0.29, 0.717) is 0 Å². The van der Waals surface area contributed by atoms with Crippen molar-refractivity contribution < 1.29 is 4.92 Å². The van der Waals surface area contributed by atoms with Gasteiger partial charge in [0.15, 0.2) is 0 Å². The van der Waals surface area contributed by atoms with E-state index in [4.69, 9.17) is 28.9 Å². The highest BCUT2D eigenvalue weighted by atomic mass is 35.5. The van der Waals surface area contributed by atoms with E-state index in [2.05, 4.69) is 0 Å². The minimum atomic E-state index is -0.585. The Morgan fingerprint density at radius 1 is 1.42 bits per heavy atom. The molecular formula is C6H4Cl2N2O2. The number of nitro benzene ring substituents is 1. The van der Waals surface area contributed by atoms with Crippen LogP contribution in [0.25, 0.3) is 0 Å². The van der Waals surface area contributed by atoms with Gasteiger partial charge in [-0.2, -0.15) is 0 Å². The molecule has 64 valence electrons. The molecule has 0 heterocycles. The van der Waals surface area contributed by atoms with Gasteiger partial charge < -0.3 is 5.73 Å². The van der Waals surface area contributed by atoms with Gasteiger partial charge >= 0.3 is 0 Å². The van der Waals surface area contributed by atoms with Crippen molar-refractivity contribution in [1.29, 1.82) is 0 Å². The van der Waals surface area contributed by atoms with Crippen LogP contribution in [-0.4, -0.2) is 4.92 Å². The van der Waals surface area contributed by atoms with E-state index in [-0.39, 0.29) is 21.4 Å². The van der Waals surface area contributed by atoms with Crippen molar-refractivity contribution in [3.05, 3.63) is 32.3 Å². The molecule has 0 aliphatic heterocycles. The number of anilines is 1. The molecule has 1 aromatic rings. The fourth-order valence-corrected chi connectivity index (χ4v) is 1.03. The maximum absolute atomic E-state index is 10.3. The molecule has 12 heavy (non-hydrogen) atoms. The zero-order chi connectivity index (χ0) is 9.30. The fourth-order valence-electron chi connectivity index (χ4n) is 0.701. The topological polar surface area (TPSA) is 69.2 Å². The van der Waals surface area contributed by atoms with Crippen molar-refractivity contribution in [2.24, 2.45) is 0 Å². The van der Waals surface area contributed by atoms with Crippen LogP contribution < -0.4 is 5.73 Å². The predicted molar refractivity (Wildman–Crippen MR) is 47.5 cm³/mol. The third-order valence-corrected chi connectivity index (χ3v) is 2.07. The number of nitrogens with zero attached hydrogens (tertiary/aromatic N) is 1. The first-order valence-electron chi connectivity index (χ1n) is 2.91. The number of nitrogen functional groups attached to an aromatic ring is 1. The molecule has 0 aliphatic carbocycles. The van der Waals surface area contributed by atoms with Crippen LogP contribution in [-0.2, 0) is 0 Å². The summed E-state index contributed by atoms with van der Waals surface area (Å²) >= 11 is 11.1. The number of rotatable bonds is 1. The molecule has 0 bridgehead atoms. The fraction of sp³-hybridized carbons (Fsp3) is 0. The molecule has 0 saturated carbocycles. The Kier molecular flexibility index (Phi) is 2.40. The van der Waals surface area contributed by atoms with Gasteiger partial charge in [0, 0.05) is 12.1 Å². The van der Waals surface area contributed by atoms with Gasteiger partial charge in [-0.1, -0.05) is 23.2 Å². The zero-order valence-corrected chi connectivity index (χ0v) is 7.26. The van der Waals surface area contributed by atoms with Crippen molar-refractivity contribution in [2.75, 3.05) is 5.73 Å². The van der Waals surface area contributed by atoms with Crippen LogP contribution in [0.3, 0.4) is 0 Å². The second-order valence-corrected chi connectivity index (χ2v) is 2.87. The Hall–Kier alpha value is -1.000. The van der Waals surface area contributed by atoms with Crippen LogP contribution in [0, 0.1) is 10.1 Å². The monoisotopic (exact) mass is 206 g/mol.